The molecule has 0 fully saturated rings. The summed E-state index contributed by atoms with van der Waals surface area (Å²) in [6, 6.07) is 1.96. The van der Waals surface area contributed by atoms with Gasteiger partial charge in [-0.15, -0.1) is 0 Å². The number of aromatic nitrogens is 1. The maximum atomic E-state index is 13.5. The van der Waals surface area contributed by atoms with Crippen LogP contribution in [0, 0.1) is 12.7 Å². The molecule has 0 aliphatic heterocycles. The number of carboxylic acid groups (broad SMARTS) is 1. The number of halogens is 4. The van der Waals surface area contributed by atoms with Gasteiger partial charge in [-0.1, -0.05) is 0 Å². The molecule has 8 heteroatoms. The van der Waals surface area contributed by atoms with Gasteiger partial charge in [-0.05, 0) is 24.6 Å². The summed E-state index contributed by atoms with van der Waals surface area (Å²) in [6.07, 6.45) is -3.99. The van der Waals surface area contributed by atoms with E-state index in [1.807, 2.05) is 0 Å². The highest BCUT2D eigenvalue weighted by atomic mass is 19.4. The second-order valence-electron chi connectivity index (χ2n) is 4.49. The molecule has 0 radical (unpaired) electrons. The van der Waals surface area contributed by atoms with E-state index in [-0.39, 0.29) is 16.5 Å². The van der Waals surface area contributed by atoms with Gasteiger partial charge in [0.15, 0.2) is 0 Å². The Kier molecular flexibility index (Phi) is 3.48. The fraction of sp³-hybridized carbons (Fsp3) is 0.231. The molecule has 0 unspecified atom stereocenters. The van der Waals surface area contributed by atoms with Gasteiger partial charge in [0.2, 0.25) is 5.43 Å². The first-order chi connectivity index (χ1) is 9.61. The third kappa shape index (κ3) is 2.74. The van der Waals surface area contributed by atoms with Crippen LogP contribution in [0.2, 0.25) is 0 Å². The van der Waals surface area contributed by atoms with Crippen LogP contribution in [0.1, 0.15) is 15.9 Å². The van der Waals surface area contributed by atoms with E-state index in [0.717, 1.165) is 12.1 Å². The van der Waals surface area contributed by atoms with Gasteiger partial charge < -0.3 is 9.67 Å². The number of carboxylic acids is 1. The average Bonchev–Trinajstić information content (AvgIpc) is 2.34. The molecule has 0 saturated heterocycles. The molecule has 0 atom stereocenters. The second-order valence-corrected chi connectivity index (χ2v) is 4.49. The van der Waals surface area contributed by atoms with Crippen molar-refractivity contribution in [1.29, 1.82) is 0 Å². The van der Waals surface area contributed by atoms with Crippen LogP contribution >= 0.6 is 0 Å². The summed E-state index contributed by atoms with van der Waals surface area (Å²) in [7, 11) is 0. The zero-order chi connectivity index (χ0) is 15.9. The van der Waals surface area contributed by atoms with E-state index < -0.39 is 35.5 Å². The first kappa shape index (κ1) is 15.0. The zero-order valence-corrected chi connectivity index (χ0v) is 10.7. The van der Waals surface area contributed by atoms with Gasteiger partial charge in [-0.2, -0.15) is 13.2 Å². The van der Waals surface area contributed by atoms with Crippen molar-refractivity contribution in [1.82, 2.24) is 4.57 Å². The molecular weight excluding hydrogens is 294 g/mol. The summed E-state index contributed by atoms with van der Waals surface area (Å²) in [5, 5.41) is 8.56. The van der Waals surface area contributed by atoms with Crippen LogP contribution in [0.3, 0.4) is 0 Å². The largest absolute Gasteiger partial charge is 0.477 e. The quantitative estimate of drug-likeness (QED) is 0.868. The summed E-state index contributed by atoms with van der Waals surface area (Å²) in [5.41, 5.74) is -2.19. The third-order valence-corrected chi connectivity index (χ3v) is 3.02. The van der Waals surface area contributed by atoms with Crippen molar-refractivity contribution < 1.29 is 27.5 Å². The van der Waals surface area contributed by atoms with Crippen molar-refractivity contribution in [3.05, 3.63) is 45.5 Å². The molecule has 4 nitrogen and oxygen atoms in total. The SMILES string of the molecule is Cc1c(F)ccc2c1c(=O)c(C(=O)O)cn2CC(F)(F)F. The van der Waals surface area contributed by atoms with E-state index in [1.54, 1.807) is 0 Å². The first-order valence-corrected chi connectivity index (χ1v) is 5.74. The standard InChI is InChI=1S/C13H9F4NO3/c1-6-8(14)2-3-9-10(6)11(19)7(12(20)21)4-18(9)5-13(15,16)17/h2-4H,5H2,1H3,(H,20,21). The van der Waals surface area contributed by atoms with Crippen molar-refractivity contribution >= 4 is 16.9 Å². The lowest BCUT2D eigenvalue weighted by Gasteiger charge is -2.15. The number of benzene rings is 1. The summed E-state index contributed by atoms with van der Waals surface area (Å²) >= 11 is 0. The fourth-order valence-electron chi connectivity index (χ4n) is 2.09. The van der Waals surface area contributed by atoms with Gasteiger partial charge in [-0.25, -0.2) is 9.18 Å². The van der Waals surface area contributed by atoms with Crippen molar-refractivity contribution in [3.63, 3.8) is 0 Å². The molecule has 0 spiro atoms. The Labute approximate surface area is 115 Å². The number of fused-ring (bicyclic) bond motifs is 1. The Bertz CT molecular complexity index is 793. The monoisotopic (exact) mass is 303 g/mol. The molecular formula is C13H9F4NO3. The number of rotatable bonds is 2. The second kappa shape index (κ2) is 4.87. The van der Waals surface area contributed by atoms with Crippen molar-refractivity contribution in [2.24, 2.45) is 0 Å². The predicted molar refractivity (Wildman–Crippen MR) is 65.9 cm³/mol. The summed E-state index contributed by atoms with van der Waals surface area (Å²) in [6.45, 7) is -0.266. The number of alkyl halides is 3. The maximum absolute atomic E-state index is 13.5. The molecule has 1 aromatic carbocycles. The highest BCUT2D eigenvalue weighted by Gasteiger charge is 2.29. The van der Waals surface area contributed by atoms with Crippen LogP contribution in [-0.4, -0.2) is 21.8 Å². The molecule has 0 aliphatic rings. The molecule has 0 amide bonds. The van der Waals surface area contributed by atoms with Crippen LogP contribution < -0.4 is 5.43 Å². The van der Waals surface area contributed by atoms with E-state index in [4.69, 9.17) is 5.11 Å². The lowest BCUT2D eigenvalue weighted by Crippen LogP contribution is -2.24. The van der Waals surface area contributed by atoms with Crippen molar-refractivity contribution in [2.75, 3.05) is 0 Å². The number of carbonyl (C=O) groups is 1. The van der Waals surface area contributed by atoms with Crippen LogP contribution in [-0.2, 0) is 6.54 Å². The normalized spacial score (nSPS) is 11.9. The molecule has 21 heavy (non-hydrogen) atoms. The molecule has 0 saturated carbocycles. The average molecular weight is 303 g/mol. The van der Waals surface area contributed by atoms with Crippen molar-refractivity contribution in [2.45, 2.75) is 19.6 Å². The molecule has 0 aliphatic carbocycles. The fourth-order valence-corrected chi connectivity index (χ4v) is 2.09. The molecule has 1 aromatic heterocycles. The Hall–Kier alpha value is -2.38. The molecule has 1 N–H and O–H groups in total. The minimum Gasteiger partial charge on any atom is -0.477 e. The van der Waals surface area contributed by atoms with Crippen LogP contribution in [0.25, 0.3) is 10.9 Å². The number of aryl methyl sites for hydroxylation is 1. The Morgan fingerprint density at radius 1 is 1.33 bits per heavy atom. The first-order valence-electron chi connectivity index (χ1n) is 5.74. The van der Waals surface area contributed by atoms with Crippen molar-refractivity contribution in [3.8, 4) is 0 Å². The van der Waals surface area contributed by atoms with E-state index in [2.05, 4.69) is 0 Å². The molecule has 2 aromatic rings. The number of nitrogens with zero attached hydrogens (tertiary/aromatic N) is 1. The molecule has 0 bridgehead atoms. The highest BCUT2D eigenvalue weighted by Crippen LogP contribution is 2.23. The lowest BCUT2D eigenvalue weighted by atomic mass is 10.1. The van der Waals surface area contributed by atoms with Gasteiger partial charge in [0.05, 0.1) is 10.9 Å². The van der Waals surface area contributed by atoms with E-state index in [9.17, 15) is 27.2 Å². The molecule has 112 valence electrons. The van der Waals surface area contributed by atoms with Crippen LogP contribution in [0.4, 0.5) is 17.6 Å². The summed E-state index contributed by atoms with van der Waals surface area (Å²) in [5.74, 6) is -2.46. The van der Waals surface area contributed by atoms with Gasteiger partial charge in [0, 0.05) is 6.20 Å². The molecule has 2 rings (SSSR count). The van der Waals surface area contributed by atoms with Gasteiger partial charge >= 0.3 is 12.1 Å². The van der Waals surface area contributed by atoms with E-state index >= 15 is 0 Å². The highest BCUT2D eigenvalue weighted by molar-refractivity contribution is 5.93. The van der Waals surface area contributed by atoms with E-state index in [0.29, 0.717) is 10.8 Å². The van der Waals surface area contributed by atoms with Gasteiger partial charge in [0.1, 0.15) is 17.9 Å². The molecule has 1 heterocycles. The summed E-state index contributed by atoms with van der Waals surface area (Å²) < 4.78 is 51.8. The number of pyridine rings is 1. The van der Waals surface area contributed by atoms with E-state index in [1.165, 1.54) is 6.92 Å². The lowest BCUT2D eigenvalue weighted by molar-refractivity contribution is -0.140. The van der Waals surface area contributed by atoms with Gasteiger partial charge in [0.25, 0.3) is 0 Å². The van der Waals surface area contributed by atoms with Crippen LogP contribution in [0.5, 0.6) is 0 Å². The predicted octanol–water partition coefficient (Wildman–Crippen LogP) is 2.71. The summed E-state index contributed by atoms with van der Waals surface area (Å²) in [4.78, 5) is 23.0. The Morgan fingerprint density at radius 2 is 1.95 bits per heavy atom. The topological polar surface area (TPSA) is 59.3 Å². The zero-order valence-electron chi connectivity index (χ0n) is 10.7. The smallest absolute Gasteiger partial charge is 0.406 e. The Balaban J connectivity index is 2.92. The van der Waals surface area contributed by atoms with Gasteiger partial charge in [-0.3, -0.25) is 4.79 Å². The van der Waals surface area contributed by atoms with Crippen LogP contribution in [0.15, 0.2) is 23.1 Å². The maximum Gasteiger partial charge on any atom is 0.406 e. The Morgan fingerprint density at radius 3 is 2.48 bits per heavy atom. The number of aromatic carboxylic acids is 1. The number of hydrogen-bond donors (Lipinski definition) is 1. The number of hydrogen-bond acceptors (Lipinski definition) is 2. The third-order valence-electron chi connectivity index (χ3n) is 3.02. The minimum absolute atomic E-state index is 0.166. The minimum atomic E-state index is -4.61.